The third-order valence-corrected chi connectivity index (χ3v) is 14.0. The largest absolute Gasteiger partial charge is 0.488 e. The number of carbonyl (C=O) groups is 2. The van der Waals surface area contributed by atoms with Gasteiger partial charge in [0.25, 0.3) is 5.91 Å². The highest BCUT2D eigenvalue weighted by atomic mass is 35.5. The molecule has 4 bridgehead atoms. The van der Waals surface area contributed by atoms with Crippen molar-refractivity contribution in [1.29, 1.82) is 0 Å². The molecule has 0 saturated heterocycles. The monoisotopic (exact) mass is 862 g/mol. The summed E-state index contributed by atoms with van der Waals surface area (Å²) in [5, 5.41) is 12.9. The molecule has 6 aliphatic rings. The lowest BCUT2D eigenvalue weighted by Crippen LogP contribution is -2.35. The molecule has 0 aromatic heterocycles. The van der Waals surface area contributed by atoms with Gasteiger partial charge >= 0.3 is 5.97 Å². The molecule has 4 fully saturated rings. The van der Waals surface area contributed by atoms with Crippen molar-refractivity contribution < 1.29 is 24.2 Å². The summed E-state index contributed by atoms with van der Waals surface area (Å²) in [5.74, 6) is 4.13. The second kappa shape index (κ2) is 19.1. The molecule has 4 aromatic rings. The molecule has 4 unspecified atom stereocenters. The minimum atomic E-state index is -0.962. The number of halogens is 2. The Balaban J connectivity index is 0.000000140. The van der Waals surface area contributed by atoms with Crippen molar-refractivity contribution in [3.63, 3.8) is 0 Å². The SMILES string of the molecule is CN(Cc1ccc(N)cc1)[C@H]1CC2CCC1C2.CN(Cc1ccc(NC(=O)C2=Cc3ccc(Cl)cc3OC2)cc1)[C@H]1CC2CCC1C2.O=C(O)C1=Cc2cc(Cl)ccc2OC1. The molecule has 11 heteroatoms. The summed E-state index contributed by atoms with van der Waals surface area (Å²) in [5.41, 5.74) is 12.5. The Labute approximate surface area is 369 Å². The quantitative estimate of drug-likeness (QED) is 0.142. The molecule has 2 aliphatic heterocycles. The Morgan fingerprint density at radius 1 is 0.672 bits per heavy atom. The number of nitrogens with zero attached hydrogens (tertiary/aromatic N) is 2. The zero-order valence-corrected chi connectivity index (χ0v) is 36.5. The van der Waals surface area contributed by atoms with E-state index >= 15 is 0 Å². The smallest absolute Gasteiger partial charge is 0.335 e. The summed E-state index contributed by atoms with van der Waals surface area (Å²) < 4.78 is 10.9. The lowest BCUT2D eigenvalue weighted by molar-refractivity contribution is -0.133. The van der Waals surface area contributed by atoms with Crippen LogP contribution < -0.4 is 20.5 Å². The van der Waals surface area contributed by atoms with Gasteiger partial charge in [0.15, 0.2) is 0 Å². The predicted molar refractivity (Wildman–Crippen MR) is 245 cm³/mol. The molecule has 320 valence electrons. The van der Waals surface area contributed by atoms with Crippen LogP contribution in [-0.2, 0) is 22.7 Å². The van der Waals surface area contributed by atoms with Gasteiger partial charge in [0.2, 0.25) is 0 Å². The number of rotatable bonds is 9. The minimum Gasteiger partial charge on any atom is -0.488 e. The zero-order chi connectivity index (χ0) is 42.6. The van der Waals surface area contributed by atoms with Gasteiger partial charge in [0, 0.05) is 57.7 Å². The van der Waals surface area contributed by atoms with Gasteiger partial charge in [-0.05, 0) is 160 Å². The number of carboxylic acid groups (broad SMARTS) is 1. The molecule has 9 nitrogen and oxygen atoms in total. The first-order valence-corrected chi connectivity index (χ1v) is 22.3. The summed E-state index contributed by atoms with van der Waals surface area (Å²) in [6.07, 6.45) is 14.9. The topological polar surface area (TPSA) is 117 Å². The van der Waals surface area contributed by atoms with E-state index in [1.165, 1.54) is 62.5 Å². The number of carbonyl (C=O) groups excluding carboxylic acids is 1. The number of benzene rings is 4. The van der Waals surface area contributed by atoms with E-state index in [2.05, 4.69) is 53.5 Å². The van der Waals surface area contributed by atoms with Gasteiger partial charge in [-0.25, -0.2) is 4.79 Å². The van der Waals surface area contributed by atoms with E-state index in [0.29, 0.717) is 32.7 Å². The molecular weight excluding hydrogens is 807 g/mol. The van der Waals surface area contributed by atoms with Gasteiger partial charge in [0.05, 0.1) is 11.1 Å². The van der Waals surface area contributed by atoms with Crippen LogP contribution >= 0.6 is 23.2 Å². The van der Waals surface area contributed by atoms with E-state index in [0.717, 1.165) is 65.8 Å². The van der Waals surface area contributed by atoms with Gasteiger partial charge in [-0.2, -0.15) is 0 Å². The number of hydrogen-bond donors (Lipinski definition) is 3. The lowest BCUT2D eigenvalue weighted by Gasteiger charge is -2.31. The van der Waals surface area contributed by atoms with Crippen LogP contribution in [0.2, 0.25) is 10.0 Å². The van der Waals surface area contributed by atoms with Crippen LogP contribution in [0.15, 0.2) is 96.1 Å². The van der Waals surface area contributed by atoms with Crippen molar-refractivity contribution in [1.82, 2.24) is 9.80 Å². The average molecular weight is 864 g/mol. The number of carboxylic acids is 1. The average Bonchev–Trinajstić information content (AvgIpc) is 4.10. The number of hydrogen-bond acceptors (Lipinski definition) is 7. The van der Waals surface area contributed by atoms with Gasteiger partial charge in [-0.1, -0.05) is 60.3 Å². The molecule has 4 aromatic carbocycles. The third kappa shape index (κ3) is 10.6. The molecule has 0 radical (unpaired) electrons. The second-order valence-electron chi connectivity index (χ2n) is 17.8. The molecule has 4 N–H and O–H groups in total. The summed E-state index contributed by atoms with van der Waals surface area (Å²) in [4.78, 5) is 28.4. The predicted octanol–water partition coefficient (Wildman–Crippen LogP) is 10.5. The molecule has 1 amide bonds. The molecule has 6 atom stereocenters. The van der Waals surface area contributed by atoms with Crippen LogP contribution in [0.5, 0.6) is 11.5 Å². The molecule has 4 aliphatic carbocycles. The number of anilines is 2. The molecular formula is C50H56Cl2N4O5. The normalized spacial score (nSPS) is 23.9. The van der Waals surface area contributed by atoms with Crippen LogP contribution in [0.1, 0.15) is 73.6 Å². The fraction of sp³-hybridized carbons (Fsp3) is 0.400. The first-order chi connectivity index (χ1) is 29.4. The maximum absolute atomic E-state index is 12.7. The first-order valence-electron chi connectivity index (χ1n) is 21.6. The Bertz CT molecular complexity index is 2280. The van der Waals surface area contributed by atoms with Crippen LogP contribution in [0.25, 0.3) is 12.2 Å². The Morgan fingerprint density at radius 3 is 1.79 bits per heavy atom. The van der Waals surface area contributed by atoms with Crippen LogP contribution in [-0.4, -0.2) is 66.2 Å². The maximum Gasteiger partial charge on any atom is 0.335 e. The van der Waals surface area contributed by atoms with E-state index in [9.17, 15) is 9.59 Å². The number of ether oxygens (including phenoxy) is 2. The number of nitrogen functional groups attached to an aromatic ring is 1. The van der Waals surface area contributed by atoms with E-state index in [1.54, 1.807) is 36.4 Å². The molecule has 61 heavy (non-hydrogen) atoms. The lowest BCUT2D eigenvalue weighted by atomic mass is 9.94. The van der Waals surface area contributed by atoms with Crippen LogP contribution in [0.4, 0.5) is 11.4 Å². The standard InChI is InChI=1S/C25H27ClN2O2.C15H22N2.C10H7ClO3/c1-28(23-11-17-2-5-18(23)10-17)14-16-3-8-22(9-4-16)27-25(29)20-12-19-6-7-21(26)13-24(19)30-15-20;1-17(10-11-3-6-14(16)7-4-11)15-9-12-2-5-13(15)8-12;11-8-1-2-9-6(4-8)3-7(5-14-9)10(12)13/h3-4,6-9,12-13,17-18,23H,2,5,10-11,14-15H2,1H3,(H,27,29);3-4,6-7,12-13,15H,2,5,8-10,16H2,1H3;1-4H,5H2,(H,12,13)/t17?,18?,23-;12?,13?,15-;/m00./s1. The van der Waals surface area contributed by atoms with Crippen molar-refractivity contribution in [2.24, 2.45) is 23.7 Å². The summed E-state index contributed by atoms with van der Waals surface area (Å²) >= 11 is 11.8. The Kier molecular flexibility index (Phi) is 13.4. The summed E-state index contributed by atoms with van der Waals surface area (Å²) in [6.45, 7) is 2.37. The van der Waals surface area contributed by atoms with Crippen molar-refractivity contribution >= 4 is 58.6 Å². The molecule has 4 saturated carbocycles. The highest BCUT2D eigenvalue weighted by Crippen LogP contribution is 2.47. The third-order valence-electron chi connectivity index (χ3n) is 13.5. The van der Waals surface area contributed by atoms with E-state index < -0.39 is 5.97 Å². The number of nitrogens with two attached hydrogens (primary N) is 1. The van der Waals surface area contributed by atoms with Crippen molar-refractivity contribution in [2.75, 3.05) is 38.4 Å². The fourth-order valence-corrected chi connectivity index (χ4v) is 10.7. The Hall–Kier alpha value is -4.80. The van der Waals surface area contributed by atoms with Crippen molar-refractivity contribution in [2.45, 2.75) is 76.5 Å². The van der Waals surface area contributed by atoms with E-state index in [4.69, 9.17) is 43.5 Å². The first kappa shape index (κ1) is 42.9. The number of aliphatic carboxylic acids is 1. The maximum atomic E-state index is 12.7. The van der Waals surface area contributed by atoms with Crippen molar-refractivity contribution in [3.8, 4) is 11.5 Å². The molecule has 0 spiro atoms. The van der Waals surface area contributed by atoms with Crippen LogP contribution in [0, 0.1) is 23.7 Å². The number of nitrogens with one attached hydrogen (secondary N) is 1. The molecule has 2 heterocycles. The highest BCUT2D eigenvalue weighted by molar-refractivity contribution is 6.31. The number of fused-ring (bicyclic) bond motifs is 6. The van der Waals surface area contributed by atoms with Gasteiger partial charge < -0.3 is 25.6 Å². The van der Waals surface area contributed by atoms with Crippen LogP contribution in [0.3, 0.4) is 0 Å². The summed E-state index contributed by atoms with van der Waals surface area (Å²) in [7, 11) is 4.53. The number of amides is 1. The summed E-state index contributed by atoms with van der Waals surface area (Å²) in [6, 6.07) is 28.6. The van der Waals surface area contributed by atoms with Gasteiger partial charge in [-0.15, -0.1) is 0 Å². The van der Waals surface area contributed by atoms with Crippen molar-refractivity contribution in [3.05, 3.63) is 128 Å². The van der Waals surface area contributed by atoms with Gasteiger partial charge in [0.1, 0.15) is 24.7 Å². The molecule has 10 rings (SSSR count). The Morgan fingerprint density at radius 2 is 1.21 bits per heavy atom. The highest BCUT2D eigenvalue weighted by Gasteiger charge is 2.42. The van der Waals surface area contributed by atoms with E-state index in [-0.39, 0.29) is 24.7 Å². The van der Waals surface area contributed by atoms with E-state index in [1.807, 2.05) is 36.4 Å². The zero-order valence-electron chi connectivity index (χ0n) is 35.0. The second-order valence-corrected chi connectivity index (χ2v) is 18.7. The van der Waals surface area contributed by atoms with Gasteiger partial charge in [-0.3, -0.25) is 14.6 Å². The fourth-order valence-electron chi connectivity index (χ4n) is 10.4. The minimum absolute atomic E-state index is 0.101.